The van der Waals surface area contributed by atoms with Crippen molar-refractivity contribution in [2.45, 2.75) is 51.2 Å². The van der Waals surface area contributed by atoms with E-state index in [0.717, 1.165) is 5.69 Å². The molecule has 5 nitrogen and oxygen atoms in total. The average molecular weight is 312 g/mol. The van der Waals surface area contributed by atoms with E-state index in [1.165, 1.54) is 7.11 Å². The molecule has 0 aliphatic rings. The predicted molar refractivity (Wildman–Crippen MR) is 84.8 cm³/mol. The number of rotatable bonds is 2. The van der Waals surface area contributed by atoms with Gasteiger partial charge in [-0.05, 0) is 27.7 Å². The van der Waals surface area contributed by atoms with Crippen molar-refractivity contribution in [1.29, 1.82) is 0 Å². The summed E-state index contributed by atoms with van der Waals surface area (Å²) in [6.07, 6.45) is 3.28. The van der Waals surface area contributed by atoms with Crippen LogP contribution in [0.3, 0.4) is 0 Å². The fraction of sp³-hybridized carbons (Fsp3) is 0.533. The second kappa shape index (κ2) is 6.05. The van der Waals surface area contributed by atoms with Crippen LogP contribution in [0.25, 0.3) is 5.65 Å². The number of aromatic nitrogens is 2. The number of fused-ring (bicyclic) bond motifs is 1. The SMILES string of the molecule is CC.COc1cc2ncc(C)n2cc1S(=O)(=O)C(C)(C)C. The first-order valence-electron chi connectivity index (χ1n) is 6.95. The Labute approximate surface area is 126 Å². The summed E-state index contributed by atoms with van der Waals surface area (Å²) in [5, 5.41) is 0. The lowest BCUT2D eigenvalue weighted by Gasteiger charge is -2.21. The minimum atomic E-state index is -3.48. The third kappa shape index (κ3) is 3.05. The number of sulfone groups is 1. The summed E-state index contributed by atoms with van der Waals surface area (Å²) in [7, 11) is -2.02. The summed E-state index contributed by atoms with van der Waals surface area (Å²) in [6, 6.07) is 1.64. The Morgan fingerprint density at radius 3 is 2.29 bits per heavy atom. The summed E-state index contributed by atoms with van der Waals surface area (Å²) >= 11 is 0. The van der Waals surface area contributed by atoms with Crippen molar-refractivity contribution in [3.8, 4) is 5.75 Å². The van der Waals surface area contributed by atoms with Crippen molar-refractivity contribution in [3.05, 3.63) is 24.2 Å². The third-order valence-corrected chi connectivity index (χ3v) is 5.57. The van der Waals surface area contributed by atoms with Gasteiger partial charge in [-0.1, -0.05) is 13.8 Å². The monoisotopic (exact) mass is 312 g/mol. The first kappa shape index (κ1) is 17.5. The van der Waals surface area contributed by atoms with Gasteiger partial charge in [0.2, 0.25) is 0 Å². The number of ether oxygens (including phenoxy) is 1. The minimum Gasteiger partial charge on any atom is -0.495 e. The Balaban J connectivity index is 0.00000106. The molecule has 2 rings (SSSR count). The van der Waals surface area contributed by atoms with E-state index in [1.54, 1.807) is 43.6 Å². The molecular formula is C15H24N2O3S. The summed E-state index contributed by atoms with van der Waals surface area (Å²) < 4.78 is 31.3. The van der Waals surface area contributed by atoms with Gasteiger partial charge in [-0.25, -0.2) is 13.4 Å². The van der Waals surface area contributed by atoms with Gasteiger partial charge >= 0.3 is 0 Å². The van der Waals surface area contributed by atoms with Gasteiger partial charge in [-0.15, -0.1) is 0 Å². The topological polar surface area (TPSA) is 60.7 Å². The first-order valence-corrected chi connectivity index (χ1v) is 8.43. The van der Waals surface area contributed by atoms with E-state index in [0.29, 0.717) is 11.4 Å². The lowest BCUT2D eigenvalue weighted by Crippen LogP contribution is -2.28. The lowest BCUT2D eigenvalue weighted by atomic mass is 10.3. The molecule has 0 N–H and O–H groups in total. The van der Waals surface area contributed by atoms with Crippen LogP contribution in [0.1, 0.15) is 40.3 Å². The second-order valence-electron chi connectivity index (χ2n) is 5.45. The summed E-state index contributed by atoms with van der Waals surface area (Å²) in [4.78, 5) is 4.39. The maximum Gasteiger partial charge on any atom is 0.188 e. The smallest absolute Gasteiger partial charge is 0.188 e. The summed E-state index contributed by atoms with van der Waals surface area (Å²) in [5.41, 5.74) is 1.55. The summed E-state index contributed by atoms with van der Waals surface area (Å²) in [6.45, 7) is 10.9. The van der Waals surface area contributed by atoms with E-state index in [1.807, 2.05) is 20.8 Å². The Bertz CT molecular complexity index is 725. The number of hydrogen-bond acceptors (Lipinski definition) is 4. The molecule has 0 bridgehead atoms. The maximum absolute atomic E-state index is 12.6. The van der Waals surface area contributed by atoms with Crippen molar-refractivity contribution < 1.29 is 13.2 Å². The Hall–Kier alpha value is -1.56. The first-order chi connectivity index (χ1) is 9.68. The Morgan fingerprint density at radius 1 is 1.24 bits per heavy atom. The van der Waals surface area contributed by atoms with Crippen LogP contribution in [0.15, 0.2) is 23.4 Å². The number of aryl methyl sites for hydroxylation is 1. The molecule has 21 heavy (non-hydrogen) atoms. The van der Waals surface area contributed by atoms with Crippen LogP contribution in [0, 0.1) is 6.92 Å². The highest BCUT2D eigenvalue weighted by molar-refractivity contribution is 7.92. The standard InChI is InChI=1S/C13H18N2O3S.C2H6/c1-9-7-14-12-6-10(18-5)11(8-15(9)12)19(16,17)13(2,3)4;1-2/h6-8H,1-5H3;1-2H3. The number of pyridine rings is 1. The molecule has 2 heterocycles. The number of imidazole rings is 1. The van der Waals surface area contributed by atoms with Crippen molar-refractivity contribution in [3.63, 3.8) is 0 Å². The molecule has 0 fully saturated rings. The van der Waals surface area contributed by atoms with Gasteiger partial charge in [0.15, 0.2) is 9.84 Å². The van der Waals surface area contributed by atoms with Crippen molar-refractivity contribution >= 4 is 15.5 Å². The molecule has 0 saturated carbocycles. The van der Waals surface area contributed by atoms with Gasteiger partial charge in [0.1, 0.15) is 16.3 Å². The molecule has 0 aliphatic heterocycles. The Morgan fingerprint density at radius 2 is 1.81 bits per heavy atom. The minimum absolute atomic E-state index is 0.191. The number of nitrogens with zero attached hydrogens (tertiary/aromatic N) is 2. The molecule has 0 unspecified atom stereocenters. The van der Waals surface area contributed by atoms with Crippen LogP contribution in [-0.2, 0) is 9.84 Å². The molecular weight excluding hydrogens is 288 g/mol. The van der Waals surface area contributed by atoms with Gasteiger partial charge in [-0.3, -0.25) is 0 Å². The van der Waals surface area contributed by atoms with Gasteiger partial charge in [0, 0.05) is 24.2 Å². The average Bonchev–Trinajstić information content (AvgIpc) is 2.79. The van der Waals surface area contributed by atoms with Gasteiger partial charge in [-0.2, -0.15) is 0 Å². The van der Waals surface area contributed by atoms with Crippen LogP contribution in [0.2, 0.25) is 0 Å². The van der Waals surface area contributed by atoms with E-state index in [-0.39, 0.29) is 4.90 Å². The zero-order valence-corrected chi connectivity index (χ0v) is 14.6. The molecule has 0 saturated heterocycles. The van der Waals surface area contributed by atoms with E-state index < -0.39 is 14.6 Å². The molecule has 6 heteroatoms. The molecule has 0 aliphatic carbocycles. The van der Waals surface area contributed by atoms with Gasteiger partial charge in [0.05, 0.1) is 11.9 Å². The molecule has 118 valence electrons. The highest BCUT2D eigenvalue weighted by atomic mass is 32.2. The van der Waals surface area contributed by atoms with Crippen LogP contribution >= 0.6 is 0 Å². The van der Waals surface area contributed by atoms with E-state index in [9.17, 15) is 8.42 Å². The zero-order valence-electron chi connectivity index (χ0n) is 13.8. The molecule has 0 atom stereocenters. The van der Waals surface area contributed by atoms with Crippen molar-refractivity contribution in [2.24, 2.45) is 0 Å². The lowest BCUT2D eigenvalue weighted by molar-refractivity contribution is 0.401. The van der Waals surface area contributed by atoms with E-state index >= 15 is 0 Å². The molecule has 2 aromatic heterocycles. The van der Waals surface area contributed by atoms with E-state index in [2.05, 4.69) is 4.98 Å². The van der Waals surface area contributed by atoms with Crippen LogP contribution in [0.4, 0.5) is 0 Å². The third-order valence-electron chi connectivity index (χ3n) is 3.08. The van der Waals surface area contributed by atoms with Gasteiger partial charge < -0.3 is 9.14 Å². The Kier molecular flexibility index (Phi) is 5.04. The van der Waals surface area contributed by atoms with Crippen molar-refractivity contribution in [2.75, 3.05) is 7.11 Å². The predicted octanol–water partition coefficient (Wildman–Crippen LogP) is 3.25. The molecule has 2 aromatic rings. The van der Waals surface area contributed by atoms with Crippen molar-refractivity contribution in [1.82, 2.24) is 9.38 Å². The fourth-order valence-corrected chi connectivity index (χ4v) is 3.11. The van der Waals surface area contributed by atoms with Crippen LogP contribution in [0.5, 0.6) is 5.75 Å². The molecule has 0 radical (unpaired) electrons. The maximum atomic E-state index is 12.6. The van der Waals surface area contributed by atoms with Gasteiger partial charge in [0.25, 0.3) is 0 Å². The number of hydrogen-bond donors (Lipinski definition) is 0. The quantitative estimate of drug-likeness (QED) is 0.854. The van der Waals surface area contributed by atoms with E-state index in [4.69, 9.17) is 4.74 Å². The zero-order chi connectivity index (χ0) is 16.4. The summed E-state index contributed by atoms with van der Waals surface area (Å²) in [5.74, 6) is 0.327. The normalized spacial score (nSPS) is 12.0. The highest BCUT2D eigenvalue weighted by Gasteiger charge is 2.34. The highest BCUT2D eigenvalue weighted by Crippen LogP contribution is 2.32. The second-order valence-corrected chi connectivity index (χ2v) is 8.12. The molecule has 0 spiro atoms. The van der Waals surface area contributed by atoms with Crippen LogP contribution in [-0.4, -0.2) is 29.7 Å². The fourth-order valence-electron chi connectivity index (χ4n) is 1.80. The largest absolute Gasteiger partial charge is 0.495 e. The molecule has 0 amide bonds. The van der Waals surface area contributed by atoms with Crippen LogP contribution < -0.4 is 4.74 Å². The number of methoxy groups -OCH3 is 1. The molecule has 0 aromatic carbocycles.